The first-order valence-corrected chi connectivity index (χ1v) is 14.7. The fourth-order valence-electron chi connectivity index (χ4n) is 3.54. The van der Waals surface area contributed by atoms with Crippen molar-refractivity contribution in [3.63, 3.8) is 0 Å². The van der Waals surface area contributed by atoms with Gasteiger partial charge in [0, 0.05) is 29.0 Å². The Labute approximate surface area is 235 Å². The van der Waals surface area contributed by atoms with Crippen LogP contribution in [0.15, 0.2) is 64.6 Å². The van der Waals surface area contributed by atoms with Crippen molar-refractivity contribution < 1.29 is 17.9 Å². The van der Waals surface area contributed by atoms with E-state index in [1.54, 1.807) is 44.2 Å². The minimum atomic E-state index is -3.86. The average Bonchev–Trinajstić information content (AvgIpc) is 3.28. The molecular weight excluding hydrogens is 562 g/mol. The van der Waals surface area contributed by atoms with Gasteiger partial charge in [-0.05, 0) is 69.3 Å². The number of aromatic nitrogens is 5. The molecule has 0 aliphatic carbocycles. The molecule has 2 aromatic carbocycles. The quantitative estimate of drug-likeness (QED) is 0.243. The lowest BCUT2D eigenvalue weighted by Crippen LogP contribution is -2.16. The molecule has 0 aliphatic rings. The highest BCUT2D eigenvalue weighted by Crippen LogP contribution is 2.21. The van der Waals surface area contributed by atoms with Crippen LogP contribution in [0.3, 0.4) is 0 Å². The van der Waals surface area contributed by atoms with Crippen LogP contribution in [0, 0.1) is 13.8 Å². The van der Waals surface area contributed by atoms with Gasteiger partial charge in [0.05, 0.1) is 10.6 Å². The van der Waals surface area contributed by atoms with Gasteiger partial charge in [0.2, 0.25) is 5.91 Å². The lowest BCUT2D eigenvalue weighted by atomic mass is 10.3. The molecule has 0 bridgehead atoms. The minimum absolute atomic E-state index is 0.0354. The smallest absolute Gasteiger partial charge is 0.263 e. The minimum Gasteiger partial charge on any atom is -0.486 e. The Morgan fingerprint density at radius 1 is 1.05 bits per heavy atom. The lowest BCUT2D eigenvalue weighted by Gasteiger charge is -2.10. The largest absolute Gasteiger partial charge is 0.486 e. The van der Waals surface area contributed by atoms with Crippen molar-refractivity contribution in [2.24, 2.45) is 0 Å². The van der Waals surface area contributed by atoms with Crippen LogP contribution in [0.1, 0.15) is 24.3 Å². The normalized spacial score (nSPS) is 11.3. The van der Waals surface area contributed by atoms with E-state index in [4.69, 9.17) is 16.3 Å². The summed E-state index contributed by atoms with van der Waals surface area (Å²) >= 11 is 7.14. The van der Waals surface area contributed by atoms with Crippen LogP contribution >= 0.6 is 23.4 Å². The predicted molar refractivity (Wildman–Crippen MR) is 150 cm³/mol. The van der Waals surface area contributed by atoms with Gasteiger partial charge in [0.25, 0.3) is 10.0 Å². The Balaban J connectivity index is 1.32. The van der Waals surface area contributed by atoms with Crippen LogP contribution < -0.4 is 14.8 Å². The van der Waals surface area contributed by atoms with Crippen molar-refractivity contribution in [1.82, 2.24) is 24.7 Å². The summed E-state index contributed by atoms with van der Waals surface area (Å²) in [6.45, 7) is 6.22. The van der Waals surface area contributed by atoms with E-state index in [0.717, 1.165) is 0 Å². The molecule has 2 heterocycles. The van der Waals surface area contributed by atoms with Crippen LogP contribution in [0.2, 0.25) is 5.02 Å². The van der Waals surface area contributed by atoms with Crippen LogP contribution in [-0.4, -0.2) is 44.8 Å². The van der Waals surface area contributed by atoms with Gasteiger partial charge >= 0.3 is 0 Å². The number of thioether (sulfide) groups is 1. The van der Waals surface area contributed by atoms with Crippen molar-refractivity contribution in [3.8, 4) is 5.75 Å². The first-order chi connectivity index (χ1) is 18.6. The van der Waals surface area contributed by atoms with E-state index in [-0.39, 0.29) is 29.0 Å². The van der Waals surface area contributed by atoms with Gasteiger partial charge in [-0.2, -0.15) is 0 Å². The number of anilines is 2. The van der Waals surface area contributed by atoms with E-state index in [1.807, 2.05) is 11.5 Å². The van der Waals surface area contributed by atoms with Crippen LogP contribution in [0.4, 0.5) is 11.5 Å². The Hall–Kier alpha value is -3.68. The zero-order valence-electron chi connectivity index (χ0n) is 21.4. The summed E-state index contributed by atoms with van der Waals surface area (Å²) in [4.78, 5) is 20.8. The monoisotopic (exact) mass is 587 g/mol. The van der Waals surface area contributed by atoms with E-state index >= 15 is 0 Å². The molecule has 0 spiro atoms. The van der Waals surface area contributed by atoms with Crippen molar-refractivity contribution in [2.75, 3.05) is 15.8 Å². The molecule has 2 aromatic heterocycles. The SMILES string of the molecule is CCn1c(COc2ccc(Cl)cc2)nnc1SCC(=O)Nc1ccc(S(=O)(=O)Nc2cc(C)nc(C)n2)cc1. The van der Waals surface area contributed by atoms with Gasteiger partial charge in [0.15, 0.2) is 11.0 Å². The van der Waals surface area contributed by atoms with Gasteiger partial charge in [-0.25, -0.2) is 18.4 Å². The molecule has 0 saturated carbocycles. The predicted octanol–water partition coefficient (Wildman–Crippen LogP) is 4.47. The van der Waals surface area contributed by atoms with Crippen molar-refractivity contribution in [3.05, 3.63) is 77.0 Å². The van der Waals surface area contributed by atoms with E-state index in [1.165, 1.54) is 36.0 Å². The second-order valence-electron chi connectivity index (χ2n) is 8.29. The number of nitrogens with zero attached hydrogens (tertiary/aromatic N) is 5. The molecular formula is C25H26ClN7O4S2. The number of sulfonamides is 1. The number of amides is 1. The molecule has 39 heavy (non-hydrogen) atoms. The number of rotatable bonds is 11. The van der Waals surface area contributed by atoms with Crippen LogP contribution in [0.5, 0.6) is 5.75 Å². The van der Waals surface area contributed by atoms with Crippen molar-refractivity contribution >= 4 is 50.8 Å². The summed E-state index contributed by atoms with van der Waals surface area (Å²) in [6, 6.07) is 14.4. The molecule has 4 rings (SSSR count). The van der Waals surface area contributed by atoms with Crippen molar-refractivity contribution in [2.45, 2.75) is 44.0 Å². The highest BCUT2D eigenvalue weighted by atomic mass is 35.5. The molecule has 14 heteroatoms. The topological polar surface area (TPSA) is 141 Å². The average molecular weight is 588 g/mol. The molecule has 0 atom stereocenters. The molecule has 0 unspecified atom stereocenters. The first-order valence-electron chi connectivity index (χ1n) is 11.8. The molecule has 2 N–H and O–H groups in total. The number of aryl methyl sites for hydroxylation is 2. The maximum atomic E-state index is 12.7. The van der Waals surface area contributed by atoms with E-state index in [9.17, 15) is 13.2 Å². The van der Waals surface area contributed by atoms with Crippen LogP contribution in [0.25, 0.3) is 0 Å². The first kappa shape index (κ1) is 28.3. The summed E-state index contributed by atoms with van der Waals surface area (Å²) in [6.07, 6.45) is 0. The molecule has 1 amide bonds. The third kappa shape index (κ3) is 7.68. The number of hydrogen-bond donors (Lipinski definition) is 2. The summed E-state index contributed by atoms with van der Waals surface area (Å²) in [7, 11) is -3.86. The zero-order valence-corrected chi connectivity index (χ0v) is 23.8. The van der Waals surface area contributed by atoms with Gasteiger partial charge in [-0.3, -0.25) is 9.52 Å². The molecule has 11 nitrogen and oxygen atoms in total. The number of hydrogen-bond acceptors (Lipinski definition) is 9. The van der Waals surface area contributed by atoms with Gasteiger partial charge in [-0.1, -0.05) is 23.4 Å². The lowest BCUT2D eigenvalue weighted by molar-refractivity contribution is -0.113. The molecule has 4 aromatic rings. The standard InChI is InChI=1S/C25H26ClN7O4S2/c1-4-33-23(14-37-20-9-5-18(26)6-10-20)30-31-25(33)38-15-24(34)29-19-7-11-21(12-8-19)39(35,36)32-22-13-16(2)27-17(3)28-22/h5-13H,4,14-15H2,1-3H3,(H,29,34)(H,27,28,32). The summed E-state index contributed by atoms with van der Waals surface area (Å²) in [5.74, 6) is 1.76. The van der Waals surface area contributed by atoms with Crippen LogP contribution in [-0.2, 0) is 28.0 Å². The van der Waals surface area contributed by atoms with Gasteiger partial charge in [-0.15, -0.1) is 10.2 Å². The molecule has 204 valence electrons. The second kappa shape index (κ2) is 12.5. The number of halogens is 1. The maximum Gasteiger partial charge on any atom is 0.263 e. The van der Waals surface area contributed by atoms with Gasteiger partial charge in [0.1, 0.15) is 24.0 Å². The summed E-state index contributed by atoms with van der Waals surface area (Å²) in [5, 5.41) is 12.4. The molecule has 0 radical (unpaired) electrons. The third-order valence-electron chi connectivity index (χ3n) is 5.28. The van der Waals surface area contributed by atoms with E-state index in [2.05, 4.69) is 30.2 Å². The second-order valence-corrected chi connectivity index (χ2v) is 11.4. The number of carbonyl (C=O) groups excluding carboxylic acids is 1. The number of nitrogens with one attached hydrogen (secondary N) is 2. The highest BCUT2D eigenvalue weighted by Gasteiger charge is 2.17. The Bertz CT molecular complexity index is 1540. The Morgan fingerprint density at radius 3 is 2.44 bits per heavy atom. The third-order valence-corrected chi connectivity index (χ3v) is 7.87. The number of ether oxygens (including phenoxy) is 1. The number of benzene rings is 2. The van der Waals surface area contributed by atoms with Gasteiger partial charge < -0.3 is 14.6 Å². The molecule has 0 fully saturated rings. The van der Waals surface area contributed by atoms with E-state index < -0.39 is 10.0 Å². The fraction of sp³-hybridized carbons (Fsp3) is 0.240. The Kier molecular flexibility index (Phi) is 9.04. The number of carbonyl (C=O) groups is 1. The fourth-order valence-corrected chi connectivity index (χ4v) is 5.48. The van der Waals surface area contributed by atoms with E-state index in [0.29, 0.717) is 45.5 Å². The highest BCUT2D eigenvalue weighted by molar-refractivity contribution is 7.99. The van der Waals surface area contributed by atoms with Crippen molar-refractivity contribution in [1.29, 1.82) is 0 Å². The molecule has 0 saturated heterocycles. The summed E-state index contributed by atoms with van der Waals surface area (Å²) in [5.41, 5.74) is 1.11. The molecule has 0 aliphatic heterocycles. The maximum absolute atomic E-state index is 12.7. The Morgan fingerprint density at radius 2 is 1.77 bits per heavy atom. The summed E-state index contributed by atoms with van der Waals surface area (Å²) < 4.78 is 35.5. The zero-order chi connectivity index (χ0) is 28.0.